The maximum atomic E-state index is 13.0. The highest BCUT2D eigenvalue weighted by atomic mass is 31.2. The average molecular weight is 1280 g/mol. The number of phosphoric acid groups is 2. The van der Waals surface area contributed by atoms with Crippen LogP contribution in [-0.2, 0) is 65.4 Å². The fraction of sp³-hybridized carbons (Fsp3) is 0.941. The smallest absolute Gasteiger partial charge is 0.462 e. The van der Waals surface area contributed by atoms with Crippen LogP contribution in [0.5, 0.6) is 0 Å². The summed E-state index contributed by atoms with van der Waals surface area (Å²) in [6.07, 6.45) is 44.9. The van der Waals surface area contributed by atoms with Gasteiger partial charge in [-0.2, -0.15) is 0 Å². The summed E-state index contributed by atoms with van der Waals surface area (Å²) in [5.74, 6) is -0.658. The molecule has 0 rings (SSSR count). The van der Waals surface area contributed by atoms with E-state index in [0.717, 1.165) is 108 Å². The Morgan fingerprint density at radius 3 is 0.782 bits per heavy atom. The second kappa shape index (κ2) is 60.3. The van der Waals surface area contributed by atoms with Crippen molar-refractivity contribution in [3.8, 4) is 0 Å². The first-order valence-corrected chi connectivity index (χ1v) is 38.5. The van der Waals surface area contributed by atoms with Crippen LogP contribution in [0, 0.1) is 11.8 Å². The standard InChI is InChI=1S/C68H132O17P2/c1-7-9-11-13-14-15-16-17-18-19-20-21-22-23-28-34-40-46-52-67(72)85-64(57-79-66(71)51-45-39-33-29-24-26-31-37-42-48-60(3)4)59-83-87(76,77)81-55-62(69)54-80-86(74,75)82-58-63(56-78-65(70)50-44-36-12-10-8-2)84-68(73)53-47-41-35-30-25-27-32-38-43-49-61(5)6/h60-64,69H,7-59H2,1-6H3,(H,74,75)(H,76,77)/t62-,63+,64+/m0/s1. The minimum absolute atomic E-state index is 0.104. The number of rotatable bonds is 67. The van der Waals surface area contributed by atoms with Crippen LogP contribution in [-0.4, -0.2) is 96.7 Å². The Hall–Kier alpha value is -1.94. The molecule has 516 valence electrons. The first-order valence-electron chi connectivity index (χ1n) is 35.5. The van der Waals surface area contributed by atoms with E-state index < -0.39 is 97.5 Å². The fourth-order valence-corrected chi connectivity index (χ4v) is 11.8. The molecule has 0 aromatic heterocycles. The van der Waals surface area contributed by atoms with Gasteiger partial charge >= 0.3 is 39.5 Å². The average Bonchev–Trinajstić information content (AvgIpc) is 3.60. The quantitative estimate of drug-likeness (QED) is 0.0222. The van der Waals surface area contributed by atoms with Crippen molar-refractivity contribution in [2.24, 2.45) is 11.8 Å². The maximum Gasteiger partial charge on any atom is 0.472 e. The van der Waals surface area contributed by atoms with Crippen LogP contribution in [0.3, 0.4) is 0 Å². The molecule has 2 unspecified atom stereocenters. The summed E-state index contributed by atoms with van der Waals surface area (Å²) < 4.78 is 68.0. The summed E-state index contributed by atoms with van der Waals surface area (Å²) in [4.78, 5) is 72.2. The predicted molar refractivity (Wildman–Crippen MR) is 349 cm³/mol. The first-order chi connectivity index (χ1) is 41.9. The van der Waals surface area contributed by atoms with Gasteiger partial charge in [0.15, 0.2) is 12.2 Å². The molecule has 19 heteroatoms. The molecule has 0 aromatic carbocycles. The third kappa shape index (κ3) is 62.6. The number of carbonyl (C=O) groups excluding carboxylic acids is 4. The number of hydrogen-bond donors (Lipinski definition) is 3. The summed E-state index contributed by atoms with van der Waals surface area (Å²) in [6.45, 7) is 9.40. The molecule has 3 N–H and O–H groups in total. The lowest BCUT2D eigenvalue weighted by Crippen LogP contribution is -2.30. The molecule has 0 saturated heterocycles. The molecule has 0 aliphatic rings. The monoisotopic (exact) mass is 1280 g/mol. The van der Waals surface area contributed by atoms with Crippen molar-refractivity contribution in [1.29, 1.82) is 0 Å². The van der Waals surface area contributed by atoms with Gasteiger partial charge in [-0.3, -0.25) is 37.3 Å². The van der Waals surface area contributed by atoms with Gasteiger partial charge in [0.1, 0.15) is 19.3 Å². The van der Waals surface area contributed by atoms with E-state index in [0.29, 0.717) is 25.7 Å². The maximum absolute atomic E-state index is 13.0. The molecule has 0 saturated carbocycles. The van der Waals surface area contributed by atoms with E-state index in [4.69, 9.17) is 37.0 Å². The third-order valence-electron chi connectivity index (χ3n) is 15.7. The molecule has 87 heavy (non-hydrogen) atoms. The van der Waals surface area contributed by atoms with Gasteiger partial charge in [-0.1, -0.05) is 292 Å². The van der Waals surface area contributed by atoms with Gasteiger partial charge in [0.2, 0.25) is 0 Å². The molecule has 0 spiro atoms. The highest BCUT2D eigenvalue weighted by Crippen LogP contribution is 2.45. The van der Waals surface area contributed by atoms with Gasteiger partial charge in [-0.05, 0) is 37.5 Å². The minimum Gasteiger partial charge on any atom is -0.462 e. The Morgan fingerprint density at radius 1 is 0.310 bits per heavy atom. The van der Waals surface area contributed by atoms with E-state index in [2.05, 4.69) is 41.5 Å². The van der Waals surface area contributed by atoms with Crippen molar-refractivity contribution in [2.75, 3.05) is 39.6 Å². The molecular weight excluding hydrogens is 1150 g/mol. The molecule has 0 aliphatic heterocycles. The molecular formula is C68H132O17P2. The topological polar surface area (TPSA) is 237 Å². The molecule has 0 bridgehead atoms. The van der Waals surface area contributed by atoms with Crippen LogP contribution < -0.4 is 0 Å². The summed E-state index contributed by atoms with van der Waals surface area (Å²) in [5.41, 5.74) is 0. The number of aliphatic hydroxyl groups excluding tert-OH is 1. The molecule has 0 amide bonds. The highest BCUT2D eigenvalue weighted by Gasteiger charge is 2.30. The van der Waals surface area contributed by atoms with E-state index in [1.165, 1.54) is 154 Å². The highest BCUT2D eigenvalue weighted by molar-refractivity contribution is 7.47. The van der Waals surface area contributed by atoms with Crippen LogP contribution in [0.25, 0.3) is 0 Å². The Morgan fingerprint density at radius 2 is 0.529 bits per heavy atom. The molecule has 0 radical (unpaired) electrons. The first kappa shape index (κ1) is 85.1. The second-order valence-electron chi connectivity index (χ2n) is 25.5. The normalized spacial score (nSPS) is 14.2. The number of phosphoric ester groups is 2. The zero-order valence-electron chi connectivity index (χ0n) is 56.3. The SMILES string of the molecule is CCCCCCCCCCCCCCCCCCCCC(=O)O[C@H](COC(=O)CCCCCCCCCCCC(C)C)COP(=O)(O)OC[C@@H](O)COP(=O)(O)OC[C@@H](COC(=O)CCCCCCC)OC(=O)CCCCCCCCCCCC(C)C. The van der Waals surface area contributed by atoms with Crippen LogP contribution >= 0.6 is 15.6 Å². The van der Waals surface area contributed by atoms with Crippen molar-refractivity contribution in [3.63, 3.8) is 0 Å². The van der Waals surface area contributed by atoms with Gasteiger partial charge in [-0.25, -0.2) is 9.13 Å². The second-order valence-corrected chi connectivity index (χ2v) is 28.4. The zero-order chi connectivity index (χ0) is 64.3. The van der Waals surface area contributed by atoms with Crippen LogP contribution in [0.15, 0.2) is 0 Å². The largest absolute Gasteiger partial charge is 0.472 e. The Kier molecular flexibility index (Phi) is 59.0. The zero-order valence-corrected chi connectivity index (χ0v) is 58.1. The fourth-order valence-electron chi connectivity index (χ4n) is 10.2. The molecule has 0 aromatic rings. The minimum atomic E-state index is -4.95. The molecule has 0 fully saturated rings. The summed E-state index contributed by atoms with van der Waals surface area (Å²) in [7, 11) is -9.89. The van der Waals surface area contributed by atoms with E-state index in [1.54, 1.807) is 0 Å². The lowest BCUT2D eigenvalue weighted by Gasteiger charge is -2.21. The Bertz CT molecular complexity index is 1700. The third-order valence-corrected chi connectivity index (χ3v) is 17.6. The van der Waals surface area contributed by atoms with E-state index >= 15 is 0 Å². The molecule has 0 heterocycles. The summed E-state index contributed by atoms with van der Waals surface area (Å²) in [6, 6.07) is 0. The molecule has 0 aliphatic carbocycles. The van der Waals surface area contributed by atoms with Crippen LogP contribution in [0.4, 0.5) is 0 Å². The lowest BCUT2D eigenvalue weighted by atomic mass is 10.0. The number of unbranched alkanes of at least 4 members (excludes halogenated alkanes) is 37. The lowest BCUT2D eigenvalue weighted by molar-refractivity contribution is -0.161. The van der Waals surface area contributed by atoms with Crippen molar-refractivity contribution in [3.05, 3.63) is 0 Å². The van der Waals surface area contributed by atoms with Gasteiger partial charge in [0, 0.05) is 25.7 Å². The van der Waals surface area contributed by atoms with Crippen molar-refractivity contribution in [1.82, 2.24) is 0 Å². The number of carbonyl (C=O) groups is 4. The van der Waals surface area contributed by atoms with Crippen molar-refractivity contribution >= 4 is 39.5 Å². The number of aliphatic hydroxyl groups is 1. The molecule has 17 nitrogen and oxygen atoms in total. The predicted octanol–water partition coefficient (Wildman–Crippen LogP) is 19.2. The summed E-state index contributed by atoms with van der Waals surface area (Å²) in [5, 5.41) is 10.5. The van der Waals surface area contributed by atoms with Crippen molar-refractivity contribution < 1.29 is 80.2 Å². The van der Waals surface area contributed by atoms with Crippen LogP contribution in [0.1, 0.15) is 343 Å². The van der Waals surface area contributed by atoms with Gasteiger partial charge < -0.3 is 33.8 Å². The number of ether oxygens (including phenoxy) is 4. The summed E-state index contributed by atoms with van der Waals surface area (Å²) >= 11 is 0. The van der Waals surface area contributed by atoms with Gasteiger partial charge in [0.25, 0.3) is 0 Å². The van der Waals surface area contributed by atoms with Gasteiger partial charge in [0.05, 0.1) is 26.4 Å². The van der Waals surface area contributed by atoms with Gasteiger partial charge in [-0.15, -0.1) is 0 Å². The van der Waals surface area contributed by atoms with Crippen LogP contribution in [0.2, 0.25) is 0 Å². The van der Waals surface area contributed by atoms with E-state index in [-0.39, 0.29) is 25.7 Å². The van der Waals surface area contributed by atoms with E-state index in [1.807, 2.05) is 0 Å². The van der Waals surface area contributed by atoms with Crippen molar-refractivity contribution in [2.45, 2.75) is 362 Å². The Balaban J connectivity index is 5.15. The van der Waals surface area contributed by atoms with E-state index in [9.17, 15) is 43.2 Å². The number of esters is 4. The Labute approximate surface area is 530 Å². The molecule has 5 atom stereocenters. The number of hydrogen-bond acceptors (Lipinski definition) is 15.